The molecule has 4 rings (SSSR count). The second-order valence-electron chi connectivity index (χ2n) is 7.81. The number of carbonyl (C=O) groups is 1. The summed E-state index contributed by atoms with van der Waals surface area (Å²) in [6, 6.07) is 13.6. The van der Waals surface area contributed by atoms with E-state index in [1.54, 1.807) is 23.8 Å². The SMILES string of the molecule is COc1ccccc1CNC(=O)CCn1cnc2c(c(C)c(C)n2-c2cccc(F)c2)c1=O. The summed E-state index contributed by atoms with van der Waals surface area (Å²) in [4.78, 5) is 30.0. The van der Waals surface area contributed by atoms with Crippen molar-refractivity contribution in [1.82, 2.24) is 19.4 Å². The van der Waals surface area contributed by atoms with Crippen molar-refractivity contribution in [3.05, 3.63) is 87.9 Å². The van der Waals surface area contributed by atoms with Crippen LogP contribution in [0.4, 0.5) is 4.39 Å². The molecule has 0 saturated heterocycles. The van der Waals surface area contributed by atoms with Crippen LogP contribution in [0.1, 0.15) is 23.2 Å². The lowest BCUT2D eigenvalue weighted by molar-refractivity contribution is -0.121. The van der Waals surface area contributed by atoms with Crippen LogP contribution in [0.5, 0.6) is 5.75 Å². The Bertz CT molecular complexity index is 1390. The smallest absolute Gasteiger partial charge is 0.263 e. The second-order valence-corrected chi connectivity index (χ2v) is 7.81. The largest absolute Gasteiger partial charge is 0.496 e. The minimum absolute atomic E-state index is 0.130. The van der Waals surface area contributed by atoms with E-state index >= 15 is 0 Å². The number of nitrogens with zero attached hydrogens (tertiary/aromatic N) is 3. The standard InChI is InChI=1S/C25H25FN4O3/c1-16-17(2)30(20-9-6-8-19(26)13-20)24-23(16)25(32)29(15-28-24)12-11-22(31)27-14-18-7-4-5-10-21(18)33-3/h4-10,13,15H,11-12,14H2,1-3H3,(H,27,31). The highest BCUT2D eigenvalue weighted by molar-refractivity contribution is 5.83. The Labute approximate surface area is 190 Å². The predicted molar refractivity (Wildman–Crippen MR) is 124 cm³/mol. The fourth-order valence-corrected chi connectivity index (χ4v) is 3.93. The second kappa shape index (κ2) is 9.28. The average Bonchev–Trinajstić information content (AvgIpc) is 3.07. The third-order valence-corrected chi connectivity index (χ3v) is 5.80. The van der Waals surface area contributed by atoms with Gasteiger partial charge in [-0.3, -0.25) is 18.7 Å². The number of aromatic nitrogens is 3. The number of para-hydroxylation sites is 1. The summed E-state index contributed by atoms with van der Waals surface area (Å²) in [5.41, 5.74) is 3.31. The van der Waals surface area contributed by atoms with Crippen LogP contribution in [-0.4, -0.2) is 27.1 Å². The Morgan fingerprint density at radius 3 is 2.70 bits per heavy atom. The van der Waals surface area contributed by atoms with Crippen molar-refractivity contribution in [3.8, 4) is 11.4 Å². The van der Waals surface area contributed by atoms with Gasteiger partial charge in [-0.15, -0.1) is 0 Å². The van der Waals surface area contributed by atoms with E-state index in [4.69, 9.17) is 4.74 Å². The number of amides is 1. The van der Waals surface area contributed by atoms with Gasteiger partial charge in [-0.2, -0.15) is 0 Å². The number of carbonyl (C=O) groups excluding carboxylic acids is 1. The van der Waals surface area contributed by atoms with Crippen molar-refractivity contribution < 1.29 is 13.9 Å². The third-order valence-electron chi connectivity index (χ3n) is 5.80. The van der Waals surface area contributed by atoms with Crippen LogP contribution >= 0.6 is 0 Å². The number of methoxy groups -OCH3 is 1. The first kappa shape index (κ1) is 22.3. The van der Waals surface area contributed by atoms with Gasteiger partial charge in [0.2, 0.25) is 5.91 Å². The van der Waals surface area contributed by atoms with Gasteiger partial charge in [0, 0.05) is 30.8 Å². The van der Waals surface area contributed by atoms with Crippen LogP contribution in [-0.2, 0) is 17.9 Å². The summed E-state index contributed by atoms with van der Waals surface area (Å²) in [7, 11) is 1.58. The molecule has 1 amide bonds. The molecule has 33 heavy (non-hydrogen) atoms. The summed E-state index contributed by atoms with van der Waals surface area (Å²) in [5.74, 6) is 0.161. The van der Waals surface area contributed by atoms with Gasteiger partial charge in [0.25, 0.3) is 5.56 Å². The lowest BCUT2D eigenvalue weighted by Crippen LogP contribution is -2.27. The van der Waals surface area contributed by atoms with Gasteiger partial charge in [-0.1, -0.05) is 24.3 Å². The highest BCUT2D eigenvalue weighted by Crippen LogP contribution is 2.25. The van der Waals surface area contributed by atoms with Gasteiger partial charge in [-0.25, -0.2) is 9.37 Å². The molecule has 2 aromatic heterocycles. The Morgan fingerprint density at radius 2 is 1.94 bits per heavy atom. The molecule has 2 heterocycles. The van der Waals surface area contributed by atoms with Gasteiger partial charge in [-0.05, 0) is 43.7 Å². The van der Waals surface area contributed by atoms with Crippen molar-refractivity contribution in [1.29, 1.82) is 0 Å². The Balaban J connectivity index is 1.54. The van der Waals surface area contributed by atoms with Crippen molar-refractivity contribution in [2.75, 3.05) is 7.11 Å². The molecule has 0 atom stereocenters. The molecule has 0 aliphatic rings. The van der Waals surface area contributed by atoms with E-state index in [0.717, 1.165) is 16.8 Å². The average molecular weight is 448 g/mol. The zero-order valence-corrected chi connectivity index (χ0v) is 18.8. The normalized spacial score (nSPS) is 11.0. The molecule has 0 aliphatic heterocycles. The van der Waals surface area contributed by atoms with Crippen LogP contribution in [0.25, 0.3) is 16.7 Å². The van der Waals surface area contributed by atoms with Gasteiger partial charge >= 0.3 is 0 Å². The first-order valence-electron chi connectivity index (χ1n) is 10.6. The summed E-state index contributed by atoms with van der Waals surface area (Å²) < 4.78 is 22.3. The van der Waals surface area contributed by atoms with E-state index in [-0.39, 0.29) is 30.2 Å². The monoisotopic (exact) mass is 448 g/mol. The van der Waals surface area contributed by atoms with Crippen LogP contribution in [0.2, 0.25) is 0 Å². The van der Waals surface area contributed by atoms with E-state index in [2.05, 4.69) is 10.3 Å². The van der Waals surface area contributed by atoms with Crippen molar-refractivity contribution in [2.45, 2.75) is 33.4 Å². The number of hydrogen-bond donors (Lipinski definition) is 1. The minimum Gasteiger partial charge on any atom is -0.496 e. The molecule has 0 radical (unpaired) electrons. The molecule has 8 heteroatoms. The number of aryl methyl sites for hydroxylation is 2. The third kappa shape index (κ3) is 4.37. The highest BCUT2D eigenvalue weighted by Gasteiger charge is 2.18. The minimum atomic E-state index is -0.362. The Hall–Kier alpha value is -3.94. The zero-order chi connectivity index (χ0) is 23.5. The topological polar surface area (TPSA) is 78.2 Å². The predicted octanol–water partition coefficient (Wildman–Crippen LogP) is 3.66. The van der Waals surface area contributed by atoms with E-state index < -0.39 is 0 Å². The van der Waals surface area contributed by atoms with Crippen LogP contribution in [0.15, 0.2) is 59.7 Å². The van der Waals surface area contributed by atoms with Crippen LogP contribution < -0.4 is 15.6 Å². The van der Waals surface area contributed by atoms with Crippen molar-refractivity contribution in [2.24, 2.45) is 0 Å². The first-order chi connectivity index (χ1) is 15.9. The molecule has 0 bridgehead atoms. The fourth-order valence-electron chi connectivity index (χ4n) is 3.93. The molecule has 4 aromatic rings. The molecule has 0 aliphatic carbocycles. The number of benzene rings is 2. The lowest BCUT2D eigenvalue weighted by Gasteiger charge is -2.10. The number of halogens is 1. The van der Waals surface area contributed by atoms with E-state index in [1.807, 2.05) is 38.1 Å². The van der Waals surface area contributed by atoms with Crippen LogP contribution in [0, 0.1) is 19.7 Å². The maximum absolute atomic E-state index is 13.8. The summed E-state index contributed by atoms with van der Waals surface area (Å²) in [6.45, 7) is 4.25. The molecule has 0 unspecified atom stereocenters. The van der Waals surface area contributed by atoms with Crippen molar-refractivity contribution in [3.63, 3.8) is 0 Å². The molecule has 0 saturated carbocycles. The van der Waals surface area contributed by atoms with E-state index in [0.29, 0.717) is 29.0 Å². The molecule has 170 valence electrons. The maximum Gasteiger partial charge on any atom is 0.263 e. The highest BCUT2D eigenvalue weighted by atomic mass is 19.1. The van der Waals surface area contributed by atoms with E-state index in [1.165, 1.54) is 23.0 Å². The summed E-state index contributed by atoms with van der Waals surface area (Å²) >= 11 is 0. The number of nitrogens with one attached hydrogen (secondary N) is 1. The molecule has 0 fully saturated rings. The number of fused-ring (bicyclic) bond motifs is 1. The summed E-state index contributed by atoms with van der Waals surface area (Å²) in [5, 5.41) is 3.32. The molecular formula is C25H25FN4O3. The van der Waals surface area contributed by atoms with E-state index in [9.17, 15) is 14.0 Å². The quantitative estimate of drug-likeness (QED) is 0.468. The lowest BCUT2D eigenvalue weighted by atomic mass is 10.2. The Morgan fingerprint density at radius 1 is 1.15 bits per heavy atom. The zero-order valence-electron chi connectivity index (χ0n) is 18.8. The molecule has 0 spiro atoms. The van der Waals surface area contributed by atoms with Gasteiger partial charge in [0.1, 0.15) is 11.6 Å². The number of hydrogen-bond acceptors (Lipinski definition) is 4. The molecule has 1 N–H and O–H groups in total. The van der Waals surface area contributed by atoms with Crippen LogP contribution in [0.3, 0.4) is 0 Å². The number of rotatable bonds is 7. The number of ether oxygens (including phenoxy) is 1. The molecule has 7 nitrogen and oxygen atoms in total. The molecule has 2 aromatic carbocycles. The van der Waals surface area contributed by atoms with Gasteiger partial charge < -0.3 is 10.1 Å². The summed E-state index contributed by atoms with van der Waals surface area (Å²) in [6.07, 6.45) is 1.57. The van der Waals surface area contributed by atoms with Crippen molar-refractivity contribution >= 4 is 16.9 Å². The first-order valence-corrected chi connectivity index (χ1v) is 10.6. The fraction of sp³-hybridized carbons (Fsp3) is 0.240. The molecular weight excluding hydrogens is 423 g/mol. The van der Waals surface area contributed by atoms with Gasteiger partial charge in [0.05, 0.1) is 24.5 Å². The Kier molecular flexibility index (Phi) is 6.26. The maximum atomic E-state index is 13.8. The van der Waals surface area contributed by atoms with Gasteiger partial charge in [0.15, 0.2) is 5.65 Å².